The van der Waals surface area contributed by atoms with Crippen LogP contribution < -0.4 is 0 Å². The predicted octanol–water partition coefficient (Wildman–Crippen LogP) is 0.601. The van der Waals surface area contributed by atoms with E-state index in [-0.39, 0.29) is 11.5 Å². The molecule has 0 aromatic heterocycles. The minimum Gasteiger partial charge on any atom is -0.394 e. The van der Waals surface area contributed by atoms with E-state index in [1.54, 1.807) is 12.1 Å². The summed E-state index contributed by atoms with van der Waals surface area (Å²) in [6.45, 7) is 3.23. The lowest BCUT2D eigenvalue weighted by atomic mass is 10.2. The maximum Gasteiger partial charge on any atom is 0.294 e. The van der Waals surface area contributed by atoms with E-state index in [1.165, 1.54) is 19.1 Å². The molecule has 0 saturated heterocycles. The van der Waals surface area contributed by atoms with E-state index in [0.29, 0.717) is 0 Å². The van der Waals surface area contributed by atoms with Gasteiger partial charge in [0, 0.05) is 0 Å². The molecule has 92 valence electrons. The van der Waals surface area contributed by atoms with Crippen molar-refractivity contribution in [3.8, 4) is 0 Å². The molecule has 0 heterocycles. The molecule has 0 aliphatic rings. The summed E-state index contributed by atoms with van der Waals surface area (Å²) in [5.41, 5.74) is 0.956. The van der Waals surface area contributed by atoms with Crippen molar-refractivity contribution < 1.29 is 23.2 Å². The van der Waals surface area contributed by atoms with Gasteiger partial charge in [-0.15, -0.1) is 0 Å². The molecule has 3 N–H and O–H groups in total. The summed E-state index contributed by atoms with van der Waals surface area (Å²) in [5, 5.41) is 16.0. The van der Waals surface area contributed by atoms with Gasteiger partial charge in [-0.25, -0.2) is 0 Å². The largest absolute Gasteiger partial charge is 0.394 e. The summed E-state index contributed by atoms with van der Waals surface area (Å²) in [6.07, 6.45) is -0.560. The van der Waals surface area contributed by atoms with E-state index in [2.05, 4.69) is 0 Å². The molecule has 1 atom stereocenters. The van der Waals surface area contributed by atoms with Crippen molar-refractivity contribution in [1.82, 2.24) is 0 Å². The molecule has 0 aliphatic carbocycles. The Balaban J connectivity index is 0.000000385. The van der Waals surface area contributed by atoms with Crippen LogP contribution in [-0.2, 0) is 10.1 Å². The Bertz CT molecular complexity index is 394. The Kier molecular flexibility index (Phi) is 6.20. The fraction of sp³-hybridized carbons (Fsp3) is 0.400. The maximum atomic E-state index is 10.5. The molecule has 1 rings (SSSR count). The van der Waals surface area contributed by atoms with Gasteiger partial charge in [0.2, 0.25) is 0 Å². The van der Waals surface area contributed by atoms with Gasteiger partial charge in [-0.2, -0.15) is 8.42 Å². The number of benzene rings is 1. The van der Waals surface area contributed by atoms with Gasteiger partial charge in [0.15, 0.2) is 0 Å². The van der Waals surface area contributed by atoms with Gasteiger partial charge in [0.25, 0.3) is 10.1 Å². The molecule has 0 amide bonds. The van der Waals surface area contributed by atoms with Crippen LogP contribution in [0.15, 0.2) is 29.2 Å². The number of rotatable bonds is 2. The number of aryl methyl sites for hydroxylation is 1. The summed E-state index contributed by atoms with van der Waals surface area (Å²) in [7, 11) is -4.02. The molecule has 5 nitrogen and oxygen atoms in total. The van der Waals surface area contributed by atoms with Gasteiger partial charge in [-0.3, -0.25) is 4.55 Å². The second-order valence-corrected chi connectivity index (χ2v) is 4.74. The smallest absolute Gasteiger partial charge is 0.294 e. The number of hydrogen-bond acceptors (Lipinski definition) is 4. The fourth-order valence-electron chi connectivity index (χ4n) is 0.710. The summed E-state index contributed by atoms with van der Waals surface area (Å²) in [6, 6.07) is 5.99. The van der Waals surface area contributed by atoms with Crippen molar-refractivity contribution in [2.24, 2.45) is 0 Å². The predicted molar refractivity (Wildman–Crippen MR) is 59.8 cm³/mol. The minimum absolute atomic E-state index is 0.0666. The van der Waals surface area contributed by atoms with Crippen molar-refractivity contribution in [3.05, 3.63) is 29.8 Å². The van der Waals surface area contributed by atoms with Crippen molar-refractivity contribution in [3.63, 3.8) is 0 Å². The third-order valence-electron chi connectivity index (χ3n) is 1.58. The summed E-state index contributed by atoms with van der Waals surface area (Å²) < 4.78 is 29.6. The van der Waals surface area contributed by atoms with E-state index in [1.807, 2.05) is 6.92 Å². The van der Waals surface area contributed by atoms with Crippen LogP contribution in [0.3, 0.4) is 0 Å². The molecule has 1 aromatic rings. The highest BCUT2D eigenvalue weighted by atomic mass is 32.2. The molecule has 1 aromatic carbocycles. The van der Waals surface area contributed by atoms with Crippen molar-refractivity contribution in [2.45, 2.75) is 24.8 Å². The second kappa shape index (κ2) is 6.59. The number of aliphatic hydroxyl groups is 2. The second-order valence-electron chi connectivity index (χ2n) is 3.32. The van der Waals surface area contributed by atoms with Crippen LogP contribution in [0.1, 0.15) is 12.5 Å². The Hall–Kier alpha value is -0.950. The zero-order chi connectivity index (χ0) is 12.8. The molecule has 16 heavy (non-hydrogen) atoms. The van der Waals surface area contributed by atoms with Crippen LogP contribution in [0.25, 0.3) is 0 Å². The van der Waals surface area contributed by atoms with Crippen LogP contribution in [0.4, 0.5) is 0 Å². The average Bonchev–Trinajstić information content (AvgIpc) is 2.18. The lowest BCUT2D eigenvalue weighted by Crippen LogP contribution is -2.03. The van der Waals surface area contributed by atoms with E-state index < -0.39 is 16.2 Å². The molecular weight excluding hydrogens is 232 g/mol. The van der Waals surface area contributed by atoms with Crippen molar-refractivity contribution >= 4 is 10.1 Å². The standard InChI is InChI=1S/C7H8O3S.C3H8O2/c1-6-2-4-7(5-3-6)11(8,9)10;1-3(5)2-4/h2-5H,1H3,(H,8,9,10);3-5H,2H2,1H3. The Morgan fingerprint density at radius 2 is 1.62 bits per heavy atom. The molecule has 6 heteroatoms. The molecule has 0 bridgehead atoms. The molecular formula is C10H16O5S. The molecule has 0 aliphatic heterocycles. The SMILES string of the molecule is CC(O)CO.Cc1ccc(S(=O)(=O)O)cc1. The van der Waals surface area contributed by atoms with E-state index in [4.69, 9.17) is 14.8 Å². The summed E-state index contributed by atoms with van der Waals surface area (Å²) >= 11 is 0. The number of aliphatic hydroxyl groups excluding tert-OH is 2. The molecule has 0 spiro atoms. The zero-order valence-electron chi connectivity index (χ0n) is 9.16. The van der Waals surface area contributed by atoms with Crippen LogP contribution >= 0.6 is 0 Å². The first-order valence-electron chi connectivity index (χ1n) is 4.60. The summed E-state index contributed by atoms with van der Waals surface area (Å²) in [5.74, 6) is 0. The Morgan fingerprint density at radius 3 is 1.88 bits per heavy atom. The Morgan fingerprint density at radius 1 is 1.25 bits per heavy atom. The van der Waals surface area contributed by atoms with Crippen LogP contribution in [0.2, 0.25) is 0 Å². The third kappa shape index (κ3) is 6.52. The Labute approximate surface area is 95.1 Å². The monoisotopic (exact) mass is 248 g/mol. The quantitative estimate of drug-likeness (QED) is 0.666. The van der Waals surface area contributed by atoms with Crippen molar-refractivity contribution in [1.29, 1.82) is 0 Å². The number of hydrogen-bond donors (Lipinski definition) is 3. The highest BCUT2D eigenvalue weighted by Gasteiger charge is 2.06. The van der Waals surface area contributed by atoms with Gasteiger partial charge >= 0.3 is 0 Å². The van der Waals surface area contributed by atoms with Crippen LogP contribution in [-0.4, -0.2) is 35.9 Å². The topological polar surface area (TPSA) is 94.8 Å². The average molecular weight is 248 g/mol. The van der Waals surface area contributed by atoms with Crippen LogP contribution in [0.5, 0.6) is 0 Å². The molecule has 0 saturated carbocycles. The first-order chi connectivity index (χ1) is 7.27. The van der Waals surface area contributed by atoms with Gasteiger partial charge < -0.3 is 10.2 Å². The first-order valence-corrected chi connectivity index (χ1v) is 6.04. The maximum absolute atomic E-state index is 10.5. The van der Waals surface area contributed by atoms with E-state index in [0.717, 1.165) is 5.56 Å². The summed E-state index contributed by atoms with van der Waals surface area (Å²) in [4.78, 5) is -0.0666. The molecule has 0 radical (unpaired) electrons. The fourth-order valence-corrected chi connectivity index (χ4v) is 1.19. The van der Waals surface area contributed by atoms with Gasteiger partial charge in [-0.05, 0) is 26.0 Å². The van der Waals surface area contributed by atoms with Crippen molar-refractivity contribution in [2.75, 3.05) is 6.61 Å². The lowest BCUT2D eigenvalue weighted by Gasteiger charge is -1.95. The molecule has 1 unspecified atom stereocenters. The minimum atomic E-state index is -4.02. The van der Waals surface area contributed by atoms with Crippen LogP contribution in [0, 0.1) is 6.92 Å². The zero-order valence-corrected chi connectivity index (χ0v) is 9.98. The third-order valence-corrected chi connectivity index (χ3v) is 2.45. The first kappa shape index (κ1) is 15.0. The normalized spacial score (nSPS) is 12.6. The lowest BCUT2D eigenvalue weighted by molar-refractivity contribution is 0.110. The van der Waals surface area contributed by atoms with Gasteiger partial charge in [-0.1, -0.05) is 17.7 Å². The van der Waals surface area contributed by atoms with E-state index in [9.17, 15) is 8.42 Å². The highest BCUT2D eigenvalue weighted by molar-refractivity contribution is 7.85. The van der Waals surface area contributed by atoms with E-state index >= 15 is 0 Å². The highest BCUT2D eigenvalue weighted by Crippen LogP contribution is 2.08. The molecule has 0 fully saturated rings. The van der Waals surface area contributed by atoms with Gasteiger partial charge in [0.1, 0.15) is 0 Å². The van der Waals surface area contributed by atoms with Gasteiger partial charge in [0.05, 0.1) is 17.6 Å².